The highest BCUT2D eigenvalue weighted by Gasteiger charge is 2.39. The second-order valence-corrected chi connectivity index (χ2v) is 8.31. The van der Waals surface area contributed by atoms with E-state index >= 15 is 4.39 Å². The summed E-state index contributed by atoms with van der Waals surface area (Å²) in [7, 11) is 1.19. The minimum atomic E-state index is -4.86. The Labute approximate surface area is 199 Å². The van der Waals surface area contributed by atoms with Gasteiger partial charge in [0.05, 0.1) is 37.0 Å². The summed E-state index contributed by atoms with van der Waals surface area (Å²) >= 11 is 0. The molecule has 1 N–H and O–H groups in total. The van der Waals surface area contributed by atoms with Gasteiger partial charge in [-0.15, -0.1) is 0 Å². The van der Waals surface area contributed by atoms with Gasteiger partial charge in [0.25, 0.3) is 6.43 Å². The lowest BCUT2D eigenvalue weighted by Crippen LogP contribution is -2.40. The molecule has 0 radical (unpaired) electrons. The number of nitrogens with zero attached hydrogens (tertiary/aromatic N) is 5. The maximum atomic E-state index is 16.1. The molecule has 0 bridgehead atoms. The average Bonchev–Trinajstić information content (AvgIpc) is 3.23. The molecule has 0 aliphatic carbocycles. The van der Waals surface area contributed by atoms with Crippen LogP contribution in [0.5, 0.6) is 11.9 Å². The van der Waals surface area contributed by atoms with E-state index in [2.05, 4.69) is 25.1 Å². The first kappa shape index (κ1) is 23.9. The van der Waals surface area contributed by atoms with Crippen LogP contribution in [-0.2, 0) is 6.18 Å². The van der Waals surface area contributed by atoms with Crippen LogP contribution in [0.1, 0.15) is 18.1 Å². The molecule has 5 rings (SSSR count). The van der Waals surface area contributed by atoms with E-state index < -0.39 is 53.3 Å². The van der Waals surface area contributed by atoms with Crippen LogP contribution in [0, 0.1) is 12.7 Å². The van der Waals surface area contributed by atoms with Crippen molar-refractivity contribution in [1.82, 2.24) is 25.1 Å². The van der Waals surface area contributed by atoms with Crippen molar-refractivity contribution >= 4 is 27.6 Å². The molecule has 190 valence electrons. The molecule has 0 spiro atoms. The second-order valence-electron chi connectivity index (χ2n) is 8.31. The van der Waals surface area contributed by atoms with Crippen molar-refractivity contribution in [2.45, 2.75) is 32.5 Å². The predicted octanol–water partition coefficient (Wildman–Crippen LogP) is 4.90. The van der Waals surface area contributed by atoms with E-state index in [0.717, 1.165) is 6.20 Å². The minimum absolute atomic E-state index is 0.0200. The number of hydrogen-bond acceptors (Lipinski definition) is 7. The lowest BCUT2D eigenvalue weighted by atomic mass is 9.94. The number of aromatic amines is 1. The van der Waals surface area contributed by atoms with Gasteiger partial charge in [-0.25, -0.2) is 18.2 Å². The lowest BCUT2D eigenvalue weighted by Gasteiger charge is -2.28. The van der Waals surface area contributed by atoms with Crippen molar-refractivity contribution in [3.05, 3.63) is 29.2 Å². The Morgan fingerprint density at radius 2 is 2.00 bits per heavy atom. The number of ether oxygens (including phenoxy) is 2. The van der Waals surface area contributed by atoms with Crippen LogP contribution in [0.4, 0.5) is 32.2 Å². The number of pyridine rings is 1. The molecular weight excluding hydrogens is 494 g/mol. The number of methoxy groups -OCH3 is 1. The smallest absolute Gasteiger partial charge is 0.417 e. The lowest BCUT2D eigenvalue weighted by molar-refractivity contribution is -0.137. The number of alkyl halides is 5. The topological polar surface area (TPSA) is 89.1 Å². The standard InChI is InChI=1S/C22H18F6N6O2/c1-8-4-11-10(5-29-33-11)13(15(8)22(26,27)28)17-16(25)18-14-19(32-21(31-18)35-3)34(6-12(23)24)9(2)7-36-20(14)30-17/h4-5,9,12H,6-7H2,1-3H3,(H,29,33)/t9-/m0/s1. The maximum Gasteiger partial charge on any atom is 0.417 e. The summed E-state index contributed by atoms with van der Waals surface area (Å²) in [6.45, 7) is 1.90. The Hall–Kier alpha value is -3.84. The van der Waals surface area contributed by atoms with Crippen LogP contribution in [0.25, 0.3) is 33.1 Å². The summed E-state index contributed by atoms with van der Waals surface area (Å²) in [6, 6.07) is 0.237. The number of aryl methyl sites for hydroxylation is 1. The number of halogens is 6. The normalized spacial score (nSPS) is 16.1. The number of fused-ring (bicyclic) bond motifs is 1. The molecule has 0 unspecified atom stereocenters. The molecule has 0 saturated heterocycles. The van der Waals surface area contributed by atoms with E-state index in [9.17, 15) is 22.0 Å². The summed E-state index contributed by atoms with van der Waals surface area (Å²) in [5, 5.41) is 6.23. The van der Waals surface area contributed by atoms with Crippen LogP contribution in [-0.4, -0.2) is 57.9 Å². The largest absolute Gasteiger partial charge is 0.475 e. The molecule has 0 saturated carbocycles. The first-order valence-electron chi connectivity index (χ1n) is 10.7. The van der Waals surface area contributed by atoms with E-state index in [4.69, 9.17) is 9.47 Å². The van der Waals surface area contributed by atoms with Crippen molar-refractivity contribution in [2.75, 3.05) is 25.2 Å². The zero-order chi connectivity index (χ0) is 25.9. The Balaban J connectivity index is 1.91. The van der Waals surface area contributed by atoms with Crippen LogP contribution < -0.4 is 14.4 Å². The Morgan fingerprint density at radius 1 is 1.25 bits per heavy atom. The van der Waals surface area contributed by atoms with Gasteiger partial charge in [-0.1, -0.05) is 0 Å². The number of nitrogens with one attached hydrogen (secondary N) is 1. The minimum Gasteiger partial charge on any atom is -0.475 e. The molecule has 3 aromatic heterocycles. The molecule has 36 heavy (non-hydrogen) atoms. The highest BCUT2D eigenvalue weighted by atomic mass is 19.4. The van der Waals surface area contributed by atoms with E-state index in [1.54, 1.807) is 6.92 Å². The van der Waals surface area contributed by atoms with Crippen LogP contribution >= 0.6 is 0 Å². The number of benzene rings is 1. The van der Waals surface area contributed by atoms with Crippen molar-refractivity contribution in [2.24, 2.45) is 0 Å². The summed E-state index contributed by atoms with van der Waals surface area (Å²) < 4.78 is 96.2. The van der Waals surface area contributed by atoms with E-state index in [0.29, 0.717) is 0 Å². The van der Waals surface area contributed by atoms with Crippen molar-refractivity contribution in [1.29, 1.82) is 0 Å². The fourth-order valence-corrected chi connectivity index (χ4v) is 4.42. The van der Waals surface area contributed by atoms with Gasteiger partial charge < -0.3 is 14.4 Å². The zero-order valence-corrected chi connectivity index (χ0v) is 19.0. The summed E-state index contributed by atoms with van der Waals surface area (Å²) in [6.07, 6.45) is -6.49. The van der Waals surface area contributed by atoms with Gasteiger partial charge in [0.15, 0.2) is 5.82 Å². The summed E-state index contributed by atoms with van der Waals surface area (Å²) in [4.78, 5) is 13.5. The van der Waals surface area contributed by atoms with Gasteiger partial charge in [-0.05, 0) is 25.5 Å². The highest BCUT2D eigenvalue weighted by molar-refractivity contribution is 6.01. The summed E-state index contributed by atoms with van der Waals surface area (Å²) in [5.74, 6) is -1.62. The van der Waals surface area contributed by atoms with Gasteiger partial charge in [-0.3, -0.25) is 5.10 Å². The molecule has 4 aromatic rings. The number of aromatic nitrogens is 5. The third-order valence-electron chi connectivity index (χ3n) is 5.96. The Morgan fingerprint density at radius 3 is 2.67 bits per heavy atom. The molecule has 1 aromatic carbocycles. The molecule has 14 heteroatoms. The fourth-order valence-electron chi connectivity index (χ4n) is 4.42. The van der Waals surface area contributed by atoms with Gasteiger partial charge in [0, 0.05) is 10.9 Å². The van der Waals surface area contributed by atoms with Gasteiger partial charge in [0.2, 0.25) is 5.88 Å². The average molecular weight is 512 g/mol. The Bertz CT molecular complexity index is 1490. The molecule has 8 nitrogen and oxygen atoms in total. The van der Waals surface area contributed by atoms with Gasteiger partial charge in [-0.2, -0.15) is 28.2 Å². The van der Waals surface area contributed by atoms with E-state index in [1.807, 2.05) is 0 Å². The maximum absolute atomic E-state index is 16.1. The molecule has 0 fully saturated rings. The first-order chi connectivity index (χ1) is 17.0. The fraction of sp³-hybridized carbons (Fsp3) is 0.364. The SMILES string of the molecule is COc1nc2c3c(nc(-c4c(C(F)(F)F)c(C)cc5[nH]ncc45)c(F)c3n1)OC[C@H](C)N2CC(F)F. The predicted molar refractivity (Wildman–Crippen MR) is 117 cm³/mol. The van der Waals surface area contributed by atoms with Gasteiger partial charge in [0.1, 0.15) is 29.0 Å². The number of rotatable bonds is 4. The van der Waals surface area contributed by atoms with E-state index in [1.165, 1.54) is 25.0 Å². The molecular formula is C22H18F6N6O2. The molecule has 1 aliphatic rings. The third-order valence-corrected chi connectivity index (χ3v) is 5.96. The van der Waals surface area contributed by atoms with Gasteiger partial charge >= 0.3 is 12.2 Å². The molecule has 1 aliphatic heterocycles. The van der Waals surface area contributed by atoms with Crippen molar-refractivity contribution in [3.63, 3.8) is 0 Å². The van der Waals surface area contributed by atoms with Crippen LogP contribution in [0.3, 0.4) is 0 Å². The second kappa shape index (κ2) is 8.38. The molecule has 0 amide bonds. The highest BCUT2D eigenvalue weighted by Crippen LogP contribution is 2.46. The Kier molecular flexibility index (Phi) is 5.56. The van der Waals surface area contributed by atoms with E-state index in [-0.39, 0.29) is 46.2 Å². The van der Waals surface area contributed by atoms with Crippen molar-refractivity contribution in [3.8, 4) is 23.1 Å². The van der Waals surface area contributed by atoms with Crippen molar-refractivity contribution < 1.29 is 35.8 Å². The number of hydrogen-bond donors (Lipinski definition) is 1. The molecule has 4 heterocycles. The quantitative estimate of drug-likeness (QED) is 0.390. The number of H-pyrrole nitrogens is 1. The number of anilines is 1. The molecule has 1 atom stereocenters. The van der Waals surface area contributed by atoms with Crippen LogP contribution in [0.15, 0.2) is 12.3 Å². The summed E-state index contributed by atoms with van der Waals surface area (Å²) in [5.41, 5.74) is -2.75. The monoisotopic (exact) mass is 512 g/mol. The zero-order valence-electron chi connectivity index (χ0n) is 19.0. The van der Waals surface area contributed by atoms with Crippen LogP contribution in [0.2, 0.25) is 0 Å². The first-order valence-corrected chi connectivity index (χ1v) is 10.7. The third kappa shape index (κ3) is 3.71.